The normalized spacial score (nSPS) is 19.7. The summed E-state index contributed by atoms with van der Waals surface area (Å²) in [7, 11) is 0. The SMILES string of the molecule is CCn1cnc2c(Nc3ccc(P(O)(O)=S)cc3)nc(NC3CCC(N)CC3)nc21.CCn1cnc2c(Nc3ccc(P(O)(O)=S)cc3)nc(NC3CCC(N)CC3)nc21. The van der Waals surface area contributed by atoms with E-state index in [0.29, 0.717) is 57.3 Å². The fraction of sp³-hybridized carbons (Fsp3) is 0.421. The molecule has 2 aliphatic carbocycles. The molecule has 12 N–H and O–H groups in total. The molecule has 4 heterocycles. The lowest BCUT2D eigenvalue weighted by molar-refractivity contribution is 0.410. The summed E-state index contributed by atoms with van der Waals surface area (Å²) in [4.78, 5) is 66.4. The van der Waals surface area contributed by atoms with E-state index in [0.717, 1.165) is 87.1 Å². The van der Waals surface area contributed by atoms with E-state index in [1.807, 2.05) is 23.0 Å². The quantitative estimate of drug-likeness (QED) is 0.0764. The lowest BCUT2D eigenvalue weighted by atomic mass is 9.92. The van der Waals surface area contributed by atoms with E-state index < -0.39 is 13.0 Å². The summed E-state index contributed by atoms with van der Waals surface area (Å²) in [5, 5.41) is 14.1. The fourth-order valence-corrected chi connectivity index (χ4v) is 9.10. The molecule has 60 heavy (non-hydrogen) atoms. The van der Waals surface area contributed by atoms with Crippen LogP contribution in [0.25, 0.3) is 22.3 Å². The van der Waals surface area contributed by atoms with Crippen LogP contribution in [0.2, 0.25) is 0 Å². The molecular formula is C38H52N14O4P2S2. The van der Waals surface area contributed by atoms with Gasteiger partial charge in [-0.2, -0.15) is 19.9 Å². The number of fused-ring (bicyclic) bond motifs is 2. The molecule has 2 saturated carbocycles. The Morgan fingerprint density at radius 2 is 0.933 bits per heavy atom. The molecule has 2 fully saturated rings. The van der Waals surface area contributed by atoms with Crippen LogP contribution in [0.1, 0.15) is 65.2 Å². The highest BCUT2D eigenvalue weighted by Gasteiger charge is 2.23. The minimum atomic E-state index is -3.45. The van der Waals surface area contributed by atoms with Crippen LogP contribution in [0, 0.1) is 0 Å². The van der Waals surface area contributed by atoms with Crippen molar-refractivity contribution >= 4 is 104 Å². The second-order valence-electron chi connectivity index (χ2n) is 15.1. The van der Waals surface area contributed by atoms with Crippen LogP contribution in [0.3, 0.4) is 0 Å². The molecule has 0 unspecified atom stereocenters. The molecule has 0 atom stereocenters. The molecule has 0 spiro atoms. The van der Waals surface area contributed by atoms with E-state index in [2.05, 4.69) is 41.2 Å². The second kappa shape index (κ2) is 18.8. The van der Waals surface area contributed by atoms with Crippen LogP contribution in [-0.2, 0) is 36.7 Å². The van der Waals surface area contributed by atoms with Crippen molar-refractivity contribution in [1.29, 1.82) is 0 Å². The van der Waals surface area contributed by atoms with Crippen molar-refractivity contribution in [3.05, 3.63) is 61.2 Å². The van der Waals surface area contributed by atoms with Crippen molar-refractivity contribution < 1.29 is 19.6 Å². The summed E-state index contributed by atoms with van der Waals surface area (Å²) < 4.78 is 3.95. The second-order valence-corrected chi connectivity index (χ2v) is 21.4. The van der Waals surface area contributed by atoms with Gasteiger partial charge in [0.25, 0.3) is 0 Å². The summed E-state index contributed by atoms with van der Waals surface area (Å²) >= 11 is 9.52. The van der Waals surface area contributed by atoms with Gasteiger partial charge in [-0.1, -0.05) is 0 Å². The maximum absolute atomic E-state index is 9.66. The largest absolute Gasteiger partial charge is 0.351 e. The zero-order valence-corrected chi connectivity index (χ0v) is 36.8. The Morgan fingerprint density at radius 1 is 0.583 bits per heavy atom. The van der Waals surface area contributed by atoms with E-state index in [1.165, 1.54) is 0 Å². The number of aromatic nitrogens is 8. The summed E-state index contributed by atoms with van der Waals surface area (Å²) in [6.07, 6.45) is 11.5. The van der Waals surface area contributed by atoms with Crippen molar-refractivity contribution in [1.82, 2.24) is 39.0 Å². The van der Waals surface area contributed by atoms with E-state index in [9.17, 15) is 19.6 Å². The van der Waals surface area contributed by atoms with E-state index in [-0.39, 0.29) is 12.1 Å². The number of nitrogens with zero attached hydrogens (tertiary/aromatic N) is 8. The molecule has 8 rings (SSSR count). The maximum Gasteiger partial charge on any atom is 0.227 e. The number of benzene rings is 2. The zero-order valence-electron chi connectivity index (χ0n) is 33.4. The van der Waals surface area contributed by atoms with Gasteiger partial charge in [0, 0.05) is 59.2 Å². The first-order chi connectivity index (χ1) is 28.7. The highest BCUT2D eigenvalue weighted by molar-refractivity contribution is 8.12. The lowest BCUT2D eigenvalue weighted by Crippen LogP contribution is -2.33. The Kier molecular flexibility index (Phi) is 13.8. The number of hydrogen-bond acceptors (Lipinski definition) is 14. The smallest absolute Gasteiger partial charge is 0.227 e. The van der Waals surface area contributed by atoms with Gasteiger partial charge >= 0.3 is 0 Å². The lowest BCUT2D eigenvalue weighted by Gasteiger charge is -2.26. The van der Waals surface area contributed by atoms with E-state index in [1.54, 1.807) is 61.2 Å². The number of nitrogens with one attached hydrogen (secondary N) is 4. The Labute approximate surface area is 358 Å². The summed E-state index contributed by atoms with van der Waals surface area (Å²) in [6, 6.07) is 14.5. The first kappa shape index (κ1) is 43.9. The average Bonchev–Trinajstić information content (AvgIpc) is 3.84. The molecule has 6 aromatic rings. The van der Waals surface area contributed by atoms with Crippen LogP contribution in [0.4, 0.5) is 34.9 Å². The average molecular weight is 895 g/mol. The molecule has 0 amide bonds. The Bertz CT molecular complexity index is 2320. The monoisotopic (exact) mass is 894 g/mol. The van der Waals surface area contributed by atoms with Gasteiger partial charge in [-0.05, 0) is 137 Å². The molecular weight excluding hydrogens is 843 g/mol. The van der Waals surface area contributed by atoms with Crippen LogP contribution in [0.5, 0.6) is 0 Å². The first-order valence-corrected chi connectivity index (χ1v) is 25.4. The standard InChI is InChI=1S/2C19H26N7O2PS/c2*1-2-26-11-21-16-17(22-13-7-9-15(10-8-13)29(27,28)30)24-19(25-18(16)26)23-14-5-3-12(20)4-6-14/h2*7-12,14H,2-6,20H2,1H3,(H2,27,28,30)(H2,22,23,24,25). The van der Waals surface area contributed by atoms with Gasteiger partial charge in [0.1, 0.15) is 0 Å². The van der Waals surface area contributed by atoms with Crippen molar-refractivity contribution in [2.45, 2.75) is 102 Å². The summed E-state index contributed by atoms with van der Waals surface area (Å²) in [5.74, 6) is 2.28. The third-order valence-corrected chi connectivity index (χ3v) is 14.0. The van der Waals surface area contributed by atoms with Crippen molar-refractivity contribution in [2.75, 3.05) is 21.3 Å². The number of hydrogen-bond donors (Lipinski definition) is 10. The number of nitrogens with two attached hydrogens (primary N) is 2. The van der Waals surface area contributed by atoms with Gasteiger partial charge in [0.15, 0.2) is 34.0 Å². The van der Waals surface area contributed by atoms with Gasteiger partial charge < -0.3 is 61.4 Å². The topological polar surface area (TPSA) is 268 Å². The Hall–Kier alpha value is -4.20. The number of aryl methyl sites for hydroxylation is 2. The van der Waals surface area contributed by atoms with Crippen molar-refractivity contribution in [3.63, 3.8) is 0 Å². The molecule has 0 radical (unpaired) electrons. The summed E-state index contributed by atoms with van der Waals surface area (Å²) in [6.45, 7) is -1.32. The van der Waals surface area contributed by atoms with Crippen LogP contribution >= 0.6 is 13.0 Å². The number of anilines is 6. The predicted molar refractivity (Wildman–Crippen MR) is 246 cm³/mol. The van der Waals surface area contributed by atoms with Gasteiger partial charge in [-0.3, -0.25) is 0 Å². The van der Waals surface area contributed by atoms with E-state index >= 15 is 0 Å². The van der Waals surface area contributed by atoms with Crippen molar-refractivity contribution in [3.8, 4) is 0 Å². The third-order valence-electron chi connectivity index (χ3n) is 10.8. The zero-order chi connectivity index (χ0) is 42.6. The molecule has 18 nitrogen and oxygen atoms in total. The minimum Gasteiger partial charge on any atom is -0.351 e. The highest BCUT2D eigenvalue weighted by Crippen LogP contribution is 2.36. The number of rotatable bonds is 12. The van der Waals surface area contributed by atoms with Gasteiger partial charge in [-0.15, -0.1) is 0 Å². The first-order valence-electron chi connectivity index (χ1n) is 20.0. The Balaban J connectivity index is 0.000000181. The molecule has 0 aliphatic heterocycles. The highest BCUT2D eigenvalue weighted by atomic mass is 32.5. The van der Waals surface area contributed by atoms with E-state index in [4.69, 9.17) is 45.0 Å². The molecule has 4 aromatic heterocycles. The van der Waals surface area contributed by atoms with Crippen LogP contribution < -0.4 is 43.3 Å². The molecule has 0 bridgehead atoms. The molecule has 320 valence electrons. The summed E-state index contributed by atoms with van der Waals surface area (Å²) in [5.41, 5.74) is 16.4. The van der Waals surface area contributed by atoms with Crippen molar-refractivity contribution in [2.24, 2.45) is 11.5 Å². The predicted octanol–water partition coefficient (Wildman–Crippen LogP) is 4.38. The minimum absolute atomic E-state index is 0.280. The molecule has 0 saturated heterocycles. The number of imidazole rings is 2. The van der Waals surface area contributed by atoms with Gasteiger partial charge in [0.05, 0.1) is 12.7 Å². The molecule has 22 heteroatoms. The fourth-order valence-electron chi connectivity index (χ4n) is 7.30. The maximum atomic E-state index is 9.66. The third kappa shape index (κ3) is 10.8. The van der Waals surface area contributed by atoms with Gasteiger partial charge in [-0.25, -0.2) is 9.97 Å². The van der Waals surface area contributed by atoms with Crippen LogP contribution in [0.15, 0.2) is 61.2 Å². The van der Waals surface area contributed by atoms with Gasteiger partial charge in [0.2, 0.25) is 24.9 Å². The van der Waals surface area contributed by atoms with Crippen LogP contribution in [-0.4, -0.2) is 82.8 Å². The Morgan fingerprint density at radius 3 is 1.25 bits per heavy atom. The molecule has 2 aliphatic rings. The molecule has 2 aromatic carbocycles.